The number of H-pyrrole nitrogens is 1. The van der Waals surface area contributed by atoms with Crippen LogP contribution in [0.2, 0.25) is 0 Å². The smallest absolute Gasteiger partial charge is 0.406 e. The van der Waals surface area contributed by atoms with Crippen molar-refractivity contribution in [2.45, 2.75) is 63.3 Å². The van der Waals surface area contributed by atoms with Crippen molar-refractivity contribution < 1.29 is 22.7 Å². The highest BCUT2D eigenvalue weighted by molar-refractivity contribution is 6.03. The molecule has 2 aliphatic rings. The van der Waals surface area contributed by atoms with Gasteiger partial charge in [0.2, 0.25) is 5.95 Å². The number of ether oxygens (including phenoxy) is 1. The van der Waals surface area contributed by atoms with Crippen LogP contribution in [0.1, 0.15) is 77.8 Å². The monoisotopic (exact) mass is 513 g/mol. The maximum Gasteiger partial charge on any atom is 0.573 e. The summed E-state index contributed by atoms with van der Waals surface area (Å²) < 4.78 is 43.9. The summed E-state index contributed by atoms with van der Waals surface area (Å²) in [6.45, 7) is 0. The second kappa shape index (κ2) is 10.6. The second-order valence-electron chi connectivity index (χ2n) is 9.23. The highest BCUT2D eigenvalue weighted by Crippen LogP contribution is 2.35. The molecule has 2 N–H and O–H groups in total. The fourth-order valence-corrected chi connectivity index (χ4v) is 4.85. The average Bonchev–Trinajstić information content (AvgIpc) is 3.55. The van der Waals surface area contributed by atoms with Gasteiger partial charge < -0.3 is 4.74 Å². The summed E-state index contributed by atoms with van der Waals surface area (Å²) in [4.78, 5) is 12.4. The van der Waals surface area contributed by atoms with Crippen LogP contribution < -0.4 is 5.32 Å². The van der Waals surface area contributed by atoms with Crippen LogP contribution in [0, 0.1) is 0 Å². The molecule has 3 aromatic rings. The van der Waals surface area contributed by atoms with E-state index in [4.69, 9.17) is 5.10 Å². The van der Waals surface area contributed by atoms with Crippen molar-refractivity contribution in [2.24, 2.45) is 0 Å². The van der Waals surface area contributed by atoms with Crippen molar-refractivity contribution in [3.8, 4) is 0 Å². The molecule has 0 saturated heterocycles. The lowest BCUT2D eigenvalue weighted by Gasteiger charge is -2.26. The summed E-state index contributed by atoms with van der Waals surface area (Å²) in [7, 11) is 0. The van der Waals surface area contributed by atoms with E-state index in [1.165, 1.54) is 18.6 Å². The number of nitrogens with zero attached hydrogens (tertiary/aromatic N) is 5. The van der Waals surface area contributed by atoms with Gasteiger partial charge in [0.1, 0.15) is 5.76 Å². The molecule has 37 heavy (non-hydrogen) atoms. The quantitative estimate of drug-likeness (QED) is 0.449. The third-order valence-corrected chi connectivity index (χ3v) is 6.59. The Bertz CT molecular complexity index is 1270. The number of alkyl halides is 3. The van der Waals surface area contributed by atoms with Crippen LogP contribution in [-0.4, -0.2) is 42.7 Å². The minimum absolute atomic E-state index is 0.0830. The second-order valence-corrected chi connectivity index (χ2v) is 9.23. The highest BCUT2D eigenvalue weighted by Gasteiger charge is 2.32. The number of nitrogens with one attached hydrogen (secondary N) is 2. The number of benzene rings is 1. The summed E-state index contributed by atoms with van der Waals surface area (Å²) in [5.74, 6) is -0.435. The molecule has 1 unspecified atom stereocenters. The van der Waals surface area contributed by atoms with Crippen LogP contribution in [0.25, 0.3) is 0 Å². The molecule has 0 spiro atoms. The van der Waals surface area contributed by atoms with Crippen molar-refractivity contribution in [3.05, 3.63) is 76.8 Å². The highest BCUT2D eigenvalue weighted by atomic mass is 19.4. The number of tetrazole rings is 1. The largest absolute Gasteiger partial charge is 0.573 e. The number of carbonyl (C=O) groups is 1. The Kier molecular flexibility index (Phi) is 7.06. The van der Waals surface area contributed by atoms with Gasteiger partial charge in [0.05, 0.1) is 11.7 Å². The summed E-state index contributed by atoms with van der Waals surface area (Å²) >= 11 is 0. The van der Waals surface area contributed by atoms with Crippen molar-refractivity contribution in [1.82, 2.24) is 30.4 Å². The molecular formula is C25H26F3N7O2. The number of amides is 1. The molecule has 5 rings (SSSR count). The Balaban J connectivity index is 1.32. The number of aromatic nitrogens is 6. The van der Waals surface area contributed by atoms with Crippen molar-refractivity contribution in [1.29, 1.82) is 0 Å². The van der Waals surface area contributed by atoms with Crippen LogP contribution in [0.3, 0.4) is 0 Å². The van der Waals surface area contributed by atoms with Gasteiger partial charge in [-0.15, -0.1) is 13.2 Å². The van der Waals surface area contributed by atoms with E-state index >= 15 is 0 Å². The van der Waals surface area contributed by atoms with Crippen molar-refractivity contribution >= 4 is 11.9 Å². The molecule has 2 aliphatic carbocycles. The molecule has 0 aliphatic heterocycles. The summed E-state index contributed by atoms with van der Waals surface area (Å²) in [6, 6.07) is 9.52. The van der Waals surface area contributed by atoms with Crippen LogP contribution in [0.15, 0.2) is 54.3 Å². The predicted molar refractivity (Wildman–Crippen MR) is 127 cm³/mol. The van der Waals surface area contributed by atoms with E-state index in [2.05, 4.69) is 35.4 Å². The fourth-order valence-electron chi connectivity index (χ4n) is 4.85. The topological polar surface area (TPSA) is 111 Å². The first-order valence-corrected chi connectivity index (χ1v) is 12.2. The number of carbonyl (C=O) groups excluding carboxylic acids is 1. The SMILES string of the molecule is O=C(Nc1nnn[nH]1)c1ccc(Cc2cc(C3C=CC(OC(F)(F)F)=CC3)n(C3CCCCC3)n2)cc1. The van der Waals surface area contributed by atoms with Gasteiger partial charge in [-0.05, 0) is 65.6 Å². The van der Waals surface area contributed by atoms with Crippen LogP contribution in [-0.2, 0) is 11.2 Å². The van der Waals surface area contributed by atoms with Crippen molar-refractivity contribution in [3.63, 3.8) is 0 Å². The summed E-state index contributed by atoms with van der Waals surface area (Å²) in [6.07, 6.45) is 6.44. The Labute approximate surface area is 210 Å². The van der Waals surface area contributed by atoms with E-state index in [0.717, 1.165) is 42.6 Å². The maximum atomic E-state index is 12.6. The number of hydrogen-bond donors (Lipinski definition) is 2. The van der Waals surface area contributed by atoms with Crippen LogP contribution in [0.4, 0.5) is 19.1 Å². The van der Waals surface area contributed by atoms with Gasteiger partial charge in [-0.2, -0.15) is 5.10 Å². The van der Waals surface area contributed by atoms with E-state index in [9.17, 15) is 18.0 Å². The molecule has 2 aromatic heterocycles. The normalized spacial score (nSPS) is 18.5. The van der Waals surface area contributed by atoms with Gasteiger partial charge in [0.15, 0.2) is 0 Å². The maximum absolute atomic E-state index is 12.6. The number of hydrogen-bond acceptors (Lipinski definition) is 6. The Morgan fingerprint density at radius 3 is 2.59 bits per heavy atom. The molecule has 1 saturated carbocycles. The number of aromatic amines is 1. The molecule has 12 heteroatoms. The van der Waals surface area contributed by atoms with Gasteiger partial charge in [-0.1, -0.05) is 42.6 Å². The number of halogens is 3. The third kappa shape index (κ3) is 6.25. The minimum atomic E-state index is -4.70. The molecule has 1 aromatic carbocycles. The standard InChI is InChI=1S/C25H26F3N7O2/c26-25(27,28)37-21-12-10-17(11-13-21)22-15-19(32-35(22)20-4-2-1-3-5-20)14-16-6-8-18(9-7-16)23(36)29-24-30-33-34-31-24/h6-10,12-13,15,17,20H,1-5,11,14H2,(H2,29,30,31,33,34,36). The van der Waals surface area contributed by atoms with Gasteiger partial charge in [0, 0.05) is 23.6 Å². The summed E-state index contributed by atoms with van der Waals surface area (Å²) in [5.41, 5.74) is 3.32. The van der Waals surface area contributed by atoms with E-state index in [1.807, 2.05) is 18.2 Å². The number of allylic oxidation sites excluding steroid dienone is 3. The summed E-state index contributed by atoms with van der Waals surface area (Å²) in [5, 5.41) is 20.5. The molecule has 1 atom stereocenters. The zero-order valence-electron chi connectivity index (χ0n) is 19.9. The Hall–Kier alpha value is -3.96. The first kappa shape index (κ1) is 24.7. The number of rotatable bonds is 7. The Morgan fingerprint density at radius 1 is 1.16 bits per heavy atom. The Morgan fingerprint density at radius 2 is 1.95 bits per heavy atom. The molecule has 9 nitrogen and oxygen atoms in total. The van der Waals surface area contributed by atoms with Gasteiger partial charge in [-0.25, -0.2) is 5.10 Å². The predicted octanol–water partition coefficient (Wildman–Crippen LogP) is 5.21. The van der Waals surface area contributed by atoms with E-state index in [0.29, 0.717) is 18.4 Å². The lowest BCUT2D eigenvalue weighted by Crippen LogP contribution is -2.19. The molecular weight excluding hydrogens is 487 g/mol. The van der Waals surface area contributed by atoms with Gasteiger partial charge >= 0.3 is 6.36 Å². The zero-order chi connectivity index (χ0) is 25.8. The minimum Gasteiger partial charge on any atom is -0.406 e. The molecule has 0 radical (unpaired) electrons. The molecule has 194 valence electrons. The zero-order valence-corrected chi connectivity index (χ0v) is 19.9. The van der Waals surface area contributed by atoms with Crippen LogP contribution in [0.5, 0.6) is 0 Å². The van der Waals surface area contributed by atoms with Crippen LogP contribution >= 0.6 is 0 Å². The molecule has 0 bridgehead atoms. The lowest BCUT2D eigenvalue weighted by atomic mass is 9.92. The first-order chi connectivity index (χ1) is 17.8. The van der Waals surface area contributed by atoms with Gasteiger partial charge in [-0.3, -0.25) is 14.8 Å². The fraction of sp³-hybridized carbons (Fsp3) is 0.400. The third-order valence-electron chi connectivity index (χ3n) is 6.59. The molecule has 2 heterocycles. The van der Waals surface area contributed by atoms with E-state index in [-0.39, 0.29) is 29.6 Å². The van der Waals surface area contributed by atoms with E-state index in [1.54, 1.807) is 18.2 Å². The van der Waals surface area contributed by atoms with E-state index < -0.39 is 6.36 Å². The van der Waals surface area contributed by atoms with Crippen molar-refractivity contribution in [2.75, 3.05) is 5.32 Å². The van der Waals surface area contributed by atoms with Gasteiger partial charge in [0.25, 0.3) is 5.91 Å². The molecule has 1 amide bonds. The average molecular weight is 514 g/mol. The number of anilines is 1. The lowest BCUT2D eigenvalue weighted by molar-refractivity contribution is -0.303. The first-order valence-electron chi connectivity index (χ1n) is 12.2. The molecule has 1 fully saturated rings.